The lowest BCUT2D eigenvalue weighted by Gasteiger charge is -2.09. The fourth-order valence-electron chi connectivity index (χ4n) is 2.59. The first-order chi connectivity index (χ1) is 9.95. The zero-order valence-corrected chi connectivity index (χ0v) is 12.5. The number of rotatable bonds is 2. The predicted molar refractivity (Wildman–Crippen MR) is 82.1 cm³/mol. The topological polar surface area (TPSA) is 20.7 Å². The molecule has 0 saturated heterocycles. The Kier molecular flexibility index (Phi) is 3.37. The van der Waals surface area contributed by atoms with Crippen LogP contribution in [0.15, 0.2) is 30.3 Å². The molecule has 0 aliphatic rings. The third kappa shape index (κ3) is 2.49. The highest BCUT2D eigenvalue weighted by Crippen LogP contribution is 2.20. The van der Waals surface area contributed by atoms with E-state index in [1.165, 1.54) is 12.1 Å². The van der Waals surface area contributed by atoms with E-state index in [1.54, 1.807) is 32.0 Å². The molecule has 0 fully saturated rings. The van der Waals surface area contributed by atoms with Crippen molar-refractivity contribution in [1.29, 1.82) is 0 Å². The summed E-state index contributed by atoms with van der Waals surface area (Å²) in [5.41, 5.74) is 3.63. The van der Waals surface area contributed by atoms with Crippen molar-refractivity contribution in [2.24, 2.45) is 0 Å². The van der Waals surface area contributed by atoms with Crippen molar-refractivity contribution in [2.75, 3.05) is 0 Å². The first-order valence-corrected chi connectivity index (χ1v) is 7.00. The number of hydrogen-bond donors (Lipinski definition) is 1. The maximum atomic E-state index is 13.7. The number of aromatic nitrogens is 2. The molecule has 0 aliphatic carbocycles. The Morgan fingerprint density at radius 1 is 1.10 bits per heavy atom. The van der Waals surface area contributed by atoms with Gasteiger partial charge in [0, 0.05) is 0 Å². The first-order valence-electron chi connectivity index (χ1n) is 6.59. The summed E-state index contributed by atoms with van der Waals surface area (Å²) in [5, 5.41) is 0. The van der Waals surface area contributed by atoms with E-state index in [0.717, 1.165) is 11.1 Å². The summed E-state index contributed by atoms with van der Waals surface area (Å²) in [5.74, 6) is -0.496. The summed E-state index contributed by atoms with van der Waals surface area (Å²) < 4.78 is 29.5. The minimum Gasteiger partial charge on any atom is -0.331 e. The number of nitrogens with zero attached hydrogens (tertiary/aromatic N) is 1. The van der Waals surface area contributed by atoms with Crippen LogP contribution in [0, 0.1) is 30.3 Å². The molecule has 2 nitrogen and oxygen atoms in total. The second-order valence-electron chi connectivity index (χ2n) is 5.22. The van der Waals surface area contributed by atoms with Crippen LogP contribution in [-0.2, 0) is 6.54 Å². The van der Waals surface area contributed by atoms with Gasteiger partial charge in [0.15, 0.2) is 4.77 Å². The van der Waals surface area contributed by atoms with Gasteiger partial charge >= 0.3 is 0 Å². The highest BCUT2D eigenvalue weighted by atomic mass is 32.1. The average molecular weight is 304 g/mol. The minimum atomic E-state index is -0.309. The van der Waals surface area contributed by atoms with Crippen LogP contribution in [-0.4, -0.2) is 9.55 Å². The minimum absolute atomic E-state index is 0.188. The Labute approximate surface area is 126 Å². The molecule has 0 atom stereocenters. The normalized spacial score (nSPS) is 11.2. The molecule has 0 unspecified atom stereocenters. The van der Waals surface area contributed by atoms with Gasteiger partial charge in [-0.1, -0.05) is 12.1 Å². The second kappa shape index (κ2) is 5.07. The van der Waals surface area contributed by atoms with Crippen molar-refractivity contribution in [3.63, 3.8) is 0 Å². The maximum absolute atomic E-state index is 13.7. The molecule has 0 bridgehead atoms. The number of fused-ring (bicyclic) bond motifs is 1. The lowest BCUT2D eigenvalue weighted by molar-refractivity contribution is 0.607. The highest BCUT2D eigenvalue weighted by Gasteiger charge is 2.09. The number of halogens is 2. The van der Waals surface area contributed by atoms with E-state index < -0.39 is 0 Å². The first kappa shape index (κ1) is 13.9. The summed E-state index contributed by atoms with van der Waals surface area (Å²) in [7, 11) is 0. The van der Waals surface area contributed by atoms with Crippen LogP contribution < -0.4 is 0 Å². The molecule has 1 heterocycles. The maximum Gasteiger partial charge on any atom is 0.178 e. The number of H-pyrrole nitrogens is 1. The van der Waals surface area contributed by atoms with Gasteiger partial charge in [-0.15, -0.1) is 0 Å². The Morgan fingerprint density at radius 3 is 2.43 bits per heavy atom. The van der Waals surface area contributed by atoms with Crippen LogP contribution in [0.2, 0.25) is 0 Å². The van der Waals surface area contributed by atoms with E-state index in [9.17, 15) is 8.78 Å². The van der Waals surface area contributed by atoms with Gasteiger partial charge in [-0.25, -0.2) is 8.78 Å². The standard InChI is InChI=1S/C16H14F2N2S/c1-9-5-11(6-10(2)15(9)18)8-20-14-7-12(17)3-4-13(14)19-16(20)21/h3-7H,8H2,1-2H3,(H,19,21). The molecule has 0 radical (unpaired) electrons. The molecular formula is C16H14F2N2S. The molecule has 0 saturated carbocycles. The zero-order valence-electron chi connectivity index (χ0n) is 11.7. The summed E-state index contributed by atoms with van der Waals surface area (Å²) >= 11 is 5.30. The van der Waals surface area contributed by atoms with Crippen LogP contribution in [0.1, 0.15) is 16.7 Å². The molecule has 3 aromatic rings. The van der Waals surface area contributed by atoms with Gasteiger partial charge in [0.1, 0.15) is 11.6 Å². The fourth-order valence-corrected chi connectivity index (χ4v) is 2.87. The van der Waals surface area contributed by atoms with Crippen LogP contribution in [0.25, 0.3) is 11.0 Å². The van der Waals surface area contributed by atoms with E-state index >= 15 is 0 Å². The third-order valence-electron chi connectivity index (χ3n) is 3.57. The van der Waals surface area contributed by atoms with Crippen molar-refractivity contribution >= 4 is 23.3 Å². The fraction of sp³-hybridized carbons (Fsp3) is 0.188. The summed E-state index contributed by atoms with van der Waals surface area (Å²) in [4.78, 5) is 3.05. The number of nitrogens with one attached hydrogen (secondary N) is 1. The molecular weight excluding hydrogens is 290 g/mol. The Hall–Kier alpha value is -2.01. The number of imidazole rings is 1. The van der Waals surface area contributed by atoms with Crippen LogP contribution >= 0.6 is 12.2 Å². The van der Waals surface area contributed by atoms with Gasteiger partial charge in [0.05, 0.1) is 17.6 Å². The number of aryl methyl sites for hydroxylation is 2. The van der Waals surface area contributed by atoms with E-state index in [-0.39, 0.29) is 11.6 Å². The van der Waals surface area contributed by atoms with Gasteiger partial charge < -0.3 is 9.55 Å². The molecule has 0 spiro atoms. The van der Waals surface area contributed by atoms with Crippen molar-refractivity contribution in [3.05, 3.63) is 63.4 Å². The largest absolute Gasteiger partial charge is 0.331 e. The molecule has 0 amide bonds. The molecule has 1 aromatic heterocycles. The Morgan fingerprint density at radius 2 is 1.76 bits per heavy atom. The molecule has 21 heavy (non-hydrogen) atoms. The monoisotopic (exact) mass is 304 g/mol. The highest BCUT2D eigenvalue weighted by molar-refractivity contribution is 7.71. The van der Waals surface area contributed by atoms with Gasteiger partial charge in [-0.3, -0.25) is 0 Å². The number of benzene rings is 2. The number of hydrogen-bond acceptors (Lipinski definition) is 1. The summed E-state index contributed by atoms with van der Waals surface area (Å²) in [6.07, 6.45) is 0. The van der Waals surface area contributed by atoms with Crippen LogP contribution in [0.3, 0.4) is 0 Å². The number of aromatic amines is 1. The Bertz CT molecular complexity index is 870. The van der Waals surface area contributed by atoms with E-state index in [4.69, 9.17) is 12.2 Å². The lowest BCUT2D eigenvalue weighted by atomic mass is 10.1. The van der Waals surface area contributed by atoms with Gasteiger partial charge in [0.2, 0.25) is 0 Å². The SMILES string of the molecule is Cc1cc(Cn2c(=S)[nH]c3ccc(F)cc32)cc(C)c1F. The Balaban J connectivity index is 2.12. The van der Waals surface area contributed by atoms with E-state index in [0.29, 0.717) is 28.0 Å². The van der Waals surface area contributed by atoms with Gasteiger partial charge in [0.25, 0.3) is 0 Å². The molecule has 0 aliphatic heterocycles. The van der Waals surface area contributed by atoms with Crippen LogP contribution in [0.4, 0.5) is 8.78 Å². The average Bonchev–Trinajstić information content (AvgIpc) is 2.72. The van der Waals surface area contributed by atoms with Crippen molar-refractivity contribution < 1.29 is 8.78 Å². The molecule has 1 N–H and O–H groups in total. The second-order valence-corrected chi connectivity index (χ2v) is 5.61. The lowest BCUT2D eigenvalue weighted by Crippen LogP contribution is -2.02. The summed E-state index contributed by atoms with van der Waals surface area (Å²) in [6.45, 7) is 3.95. The van der Waals surface area contributed by atoms with Crippen molar-refractivity contribution in [1.82, 2.24) is 9.55 Å². The van der Waals surface area contributed by atoms with Crippen molar-refractivity contribution in [3.8, 4) is 0 Å². The molecule has 3 rings (SSSR count). The van der Waals surface area contributed by atoms with Crippen molar-refractivity contribution in [2.45, 2.75) is 20.4 Å². The molecule has 5 heteroatoms. The van der Waals surface area contributed by atoms with Crippen LogP contribution in [0.5, 0.6) is 0 Å². The van der Waals surface area contributed by atoms with Gasteiger partial charge in [-0.05, 0) is 61.0 Å². The van der Waals surface area contributed by atoms with E-state index in [2.05, 4.69) is 4.98 Å². The van der Waals surface area contributed by atoms with Gasteiger partial charge in [-0.2, -0.15) is 0 Å². The summed E-state index contributed by atoms with van der Waals surface area (Å²) in [6, 6.07) is 8.09. The quantitative estimate of drug-likeness (QED) is 0.684. The smallest absolute Gasteiger partial charge is 0.178 e. The van der Waals surface area contributed by atoms with E-state index in [1.807, 2.05) is 4.57 Å². The predicted octanol–water partition coefficient (Wildman–Crippen LogP) is 4.64. The molecule has 2 aromatic carbocycles. The third-order valence-corrected chi connectivity index (χ3v) is 3.90. The molecule has 108 valence electrons. The zero-order chi connectivity index (χ0) is 15.1.